The van der Waals surface area contributed by atoms with Gasteiger partial charge in [0.1, 0.15) is 5.82 Å². The predicted molar refractivity (Wildman–Crippen MR) is 121 cm³/mol. The van der Waals surface area contributed by atoms with E-state index in [1.165, 1.54) is 25.0 Å². The summed E-state index contributed by atoms with van der Waals surface area (Å²) in [6.45, 7) is 6.07. The first-order chi connectivity index (χ1) is 15.1. The van der Waals surface area contributed by atoms with Crippen LogP contribution in [0.3, 0.4) is 0 Å². The molecule has 1 saturated heterocycles. The van der Waals surface area contributed by atoms with Crippen LogP contribution in [-0.4, -0.2) is 42.0 Å². The molecule has 0 spiro atoms. The Balaban J connectivity index is 1.58. The van der Waals surface area contributed by atoms with Gasteiger partial charge in [-0.3, -0.25) is 4.79 Å². The highest BCUT2D eigenvalue weighted by atomic mass is 19.1. The molecule has 0 unspecified atom stereocenters. The number of nitrogens with one attached hydrogen (secondary N) is 1. The van der Waals surface area contributed by atoms with Gasteiger partial charge in [-0.1, -0.05) is 24.3 Å². The van der Waals surface area contributed by atoms with Gasteiger partial charge in [0.25, 0.3) is 0 Å². The second kappa shape index (κ2) is 9.98. The summed E-state index contributed by atoms with van der Waals surface area (Å²) >= 11 is 0. The third kappa shape index (κ3) is 5.46. The molecule has 1 aliphatic rings. The summed E-state index contributed by atoms with van der Waals surface area (Å²) in [5, 5.41) is 3.60. The van der Waals surface area contributed by atoms with E-state index < -0.39 is 0 Å². The minimum atomic E-state index is -0.352. The lowest BCUT2D eigenvalue weighted by atomic mass is 10.1. The molecule has 1 aliphatic heterocycles. The zero-order valence-corrected chi connectivity index (χ0v) is 17.9. The molecule has 5 nitrogen and oxygen atoms in total. The lowest BCUT2D eigenvalue weighted by Crippen LogP contribution is -2.25. The summed E-state index contributed by atoms with van der Waals surface area (Å²) in [4.78, 5) is 19.6. The Bertz CT molecular complexity index is 1050. The van der Waals surface area contributed by atoms with Crippen LogP contribution in [0.2, 0.25) is 0 Å². The van der Waals surface area contributed by atoms with E-state index >= 15 is 0 Å². The number of fused-ring (bicyclic) bond motifs is 1. The summed E-state index contributed by atoms with van der Waals surface area (Å²) < 4.78 is 19.4. The molecule has 0 bridgehead atoms. The molecule has 0 atom stereocenters. The number of carbonyl (C=O) groups is 1. The monoisotopic (exact) mass is 421 g/mol. The van der Waals surface area contributed by atoms with E-state index in [2.05, 4.69) is 10.2 Å². The third-order valence-corrected chi connectivity index (χ3v) is 5.62. The van der Waals surface area contributed by atoms with Crippen molar-refractivity contribution in [3.05, 3.63) is 59.9 Å². The fraction of sp³-hybridized carbons (Fsp3) is 0.360. The summed E-state index contributed by atoms with van der Waals surface area (Å²) in [7, 11) is 0. The van der Waals surface area contributed by atoms with Crippen LogP contribution < -0.4 is 5.32 Å². The lowest BCUT2D eigenvalue weighted by molar-refractivity contribution is -0.116. The Hall–Kier alpha value is -2.83. The van der Waals surface area contributed by atoms with E-state index in [0.717, 1.165) is 36.5 Å². The van der Waals surface area contributed by atoms with Crippen LogP contribution in [0.5, 0.6) is 0 Å². The van der Waals surface area contributed by atoms with Gasteiger partial charge in [-0.25, -0.2) is 9.37 Å². The smallest absolute Gasteiger partial charge is 0.225 e. The maximum absolute atomic E-state index is 13.9. The zero-order chi connectivity index (χ0) is 21.6. The molecule has 1 N–H and O–H groups in total. The molecule has 3 aromatic rings. The molecule has 2 aromatic carbocycles. The van der Waals surface area contributed by atoms with Gasteiger partial charge in [-0.15, -0.1) is 0 Å². The topological polar surface area (TPSA) is 54.5 Å². The summed E-state index contributed by atoms with van der Waals surface area (Å²) in [6, 6.07) is 14.3. The number of hydrogen-bond donors (Lipinski definition) is 1. The molecule has 0 radical (unpaired) electrons. The first kappa shape index (κ1) is 21.4. The van der Waals surface area contributed by atoms with Crippen molar-refractivity contribution in [1.82, 2.24) is 9.88 Å². The number of benzene rings is 2. The number of halogens is 1. The normalized spacial score (nSPS) is 14.3. The maximum atomic E-state index is 13.9. The third-order valence-electron chi connectivity index (χ3n) is 5.62. The van der Waals surface area contributed by atoms with E-state index in [1.807, 2.05) is 37.3 Å². The van der Waals surface area contributed by atoms with E-state index in [4.69, 9.17) is 9.72 Å². The Morgan fingerprint density at radius 2 is 1.90 bits per heavy atom. The Kier molecular flexibility index (Phi) is 6.89. The van der Waals surface area contributed by atoms with Crippen molar-refractivity contribution in [2.24, 2.45) is 0 Å². The highest BCUT2D eigenvalue weighted by Crippen LogP contribution is 2.29. The van der Waals surface area contributed by atoms with Crippen molar-refractivity contribution in [3.8, 4) is 11.3 Å². The number of nitrogens with zero attached hydrogens (tertiary/aromatic N) is 2. The molecule has 0 saturated carbocycles. The quantitative estimate of drug-likeness (QED) is 0.556. The second-order valence-corrected chi connectivity index (χ2v) is 7.90. The average Bonchev–Trinajstić information content (AvgIpc) is 3.30. The van der Waals surface area contributed by atoms with Crippen molar-refractivity contribution < 1.29 is 13.9 Å². The Labute approximate surface area is 182 Å². The van der Waals surface area contributed by atoms with Crippen LogP contribution in [-0.2, 0) is 16.1 Å². The van der Waals surface area contributed by atoms with Crippen molar-refractivity contribution in [1.29, 1.82) is 0 Å². The highest BCUT2D eigenvalue weighted by molar-refractivity contribution is 6.02. The fourth-order valence-corrected chi connectivity index (χ4v) is 3.92. The van der Waals surface area contributed by atoms with Crippen molar-refractivity contribution >= 4 is 22.5 Å². The van der Waals surface area contributed by atoms with Gasteiger partial charge in [0.2, 0.25) is 5.91 Å². The molecule has 1 fully saturated rings. The first-order valence-electron chi connectivity index (χ1n) is 10.9. The van der Waals surface area contributed by atoms with Crippen LogP contribution in [0.1, 0.15) is 31.7 Å². The maximum Gasteiger partial charge on any atom is 0.225 e. The van der Waals surface area contributed by atoms with Gasteiger partial charge in [-0.2, -0.15) is 0 Å². The SMILES string of the molecule is CCOCc1ccc(-c2cc(NC(=O)CCN3CCCC3)c3cc(F)ccc3n2)cc1. The molecule has 0 aliphatic carbocycles. The Morgan fingerprint density at radius 1 is 1.13 bits per heavy atom. The van der Waals surface area contributed by atoms with Gasteiger partial charge in [0.05, 0.1) is 23.5 Å². The number of carbonyl (C=O) groups excluding carboxylic acids is 1. The van der Waals surface area contributed by atoms with E-state index in [9.17, 15) is 9.18 Å². The number of aromatic nitrogens is 1. The van der Waals surface area contributed by atoms with Gasteiger partial charge < -0.3 is 15.0 Å². The molecule has 1 aromatic heterocycles. The van der Waals surface area contributed by atoms with Crippen LogP contribution in [0.4, 0.5) is 10.1 Å². The lowest BCUT2D eigenvalue weighted by Gasteiger charge is -2.15. The van der Waals surface area contributed by atoms with E-state index in [0.29, 0.717) is 36.2 Å². The van der Waals surface area contributed by atoms with E-state index in [1.54, 1.807) is 6.07 Å². The van der Waals surface area contributed by atoms with Crippen molar-refractivity contribution in [2.75, 3.05) is 31.6 Å². The summed E-state index contributed by atoms with van der Waals surface area (Å²) in [5.41, 5.74) is 3.98. The number of likely N-dealkylation sites (tertiary alicyclic amines) is 1. The molecule has 31 heavy (non-hydrogen) atoms. The standard InChI is InChI=1S/C25H28FN3O2/c1-2-31-17-18-5-7-19(8-6-18)23-16-24(21-15-20(26)9-10-22(21)27-23)28-25(30)11-14-29-12-3-4-13-29/h5-10,15-16H,2-4,11-14,17H2,1H3,(H,27,28,30). The minimum Gasteiger partial charge on any atom is -0.377 e. The zero-order valence-electron chi connectivity index (χ0n) is 17.9. The molecule has 1 amide bonds. The number of pyridine rings is 1. The van der Waals surface area contributed by atoms with Gasteiger partial charge in [-0.05, 0) is 62.7 Å². The van der Waals surface area contributed by atoms with Gasteiger partial charge in [0.15, 0.2) is 0 Å². The second-order valence-electron chi connectivity index (χ2n) is 7.90. The average molecular weight is 422 g/mol. The Morgan fingerprint density at radius 3 is 2.65 bits per heavy atom. The summed E-state index contributed by atoms with van der Waals surface area (Å²) in [5.74, 6) is -0.420. The first-order valence-corrected chi connectivity index (χ1v) is 10.9. The van der Waals surface area contributed by atoms with Crippen LogP contribution in [0, 0.1) is 5.82 Å². The van der Waals surface area contributed by atoms with Crippen molar-refractivity contribution in [2.45, 2.75) is 32.8 Å². The predicted octanol–water partition coefficient (Wildman–Crippen LogP) is 5.00. The largest absolute Gasteiger partial charge is 0.377 e. The molecular weight excluding hydrogens is 393 g/mol. The summed E-state index contributed by atoms with van der Waals surface area (Å²) in [6.07, 6.45) is 2.81. The number of anilines is 1. The number of ether oxygens (including phenoxy) is 1. The molecule has 162 valence electrons. The molecule has 6 heteroatoms. The number of rotatable bonds is 8. The van der Waals surface area contributed by atoms with Crippen LogP contribution in [0.15, 0.2) is 48.5 Å². The highest BCUT2D eigenvalue weighted by Gasteiger charge is 2.15. The minimum absolute atomic E-state index is 0.0679. The van der Waals surface area contributed by atoms with Crippen LogP contribution >= 0.6 is 0 Å². The molecule has 2 heterocycles. The fourth-order valence-electron chi connectivity index (χ4n) is 3.92. The van der Waals surface area contributed by atoms with Gasteiger partial charge >= 0.3 is 0 Å². The number of amides is 1. The van der Waals surface area contributed by atoms with Gasteiger partial charge in [0, 0.05) is 30.5 Å². The van der Waals surface area contributed by atoms with Crippen molar-refractivity contribution in [3.63, 3.8) is 0 Å². The number of hydrogen-bond acceptors (Lipinski definition) is 4. The molecular formula is C25H28FN3O2. The molecule has 4 rings (SSSR count). The van der Waals surface area contributed by atoms with E-state index in [-0.39, 0.29) is 11.7 Å². The van der Waals surface area contributed by atoms with Crippen LogP contribution in [0.25, 0.3) is 22.2 Å².